The summed E-state index contributed by atoms with van der Waals surface area (Å²) in [6, 6.07) is 10.7. The van der Waals surface area contributed by atoms with E-state index in [9.17, 15) is 0 Å². The van der Waals surface area contributed by atoms with Crippen molar-refractivity contribution in [1.82, 2.24) is 0 Å². The van der Waals surface area contributed by atoms with E-state index in [-0.39, 0.29) is 0 Å². The highest BCUT2D eigenvalue weighted by Gasteiger charge is 2.11. The first-order valence-electron chi connectivity index (χ1n) is 5.92. The normalized spacial score (nSPS) is 10.2. The average Bonchev–Trinajstić information content (AvgIpc) is 2.48. The molecule has 0 saturated heterocycles. The molecule has 5 heteroatoms. The molecule has 0 unspecified atom stereocenters. The third kappa shape index (κ3) is 3.30. The lowest BCUT2D eigenvalue weighted by Crippen LogP contribution is -1.93. The molecule has 106 valence electrons. The van der Waals surface area contributed by atoms with E-state index < -0.39 is 0 Å². The molecule has 0 aliphatic carbocycles. The number of benzene rings is 2. The van der Waals surface area contributed by atoms with Crippen LogP contribution in [-0.4, -0.2) is 14.2 Å². The highest BCUT2D eigenvalue weighted by atomic mass is 35.5. The van der Waals surface area contributed by atoms with E-state index in [0.717, 1.165) is 5.56 Å². The van der Waals surface area contributed by atoms with Gasteiger partial charge in [0.2, 0.25) is 0 Å². The van der Waals surface area contributed by atoms with Gasteiger partial charge in [0, 0.05) is 23.8 Å². The number of hydrogen-bond acceptors (Lipinski definition) is 3. The Labute approximate surface area is 128 Å². The van der Waals surface area contributed by atoms with Crippen LogP contribution in [0, 0.1) is 0 Å². The molecule has 0 amide bonds. The van der Waals surface area contributed by atoms with E-state index in [1.54, 1.807) is 38.5 Å². The largest absolute Gasteiger partial charge is 0.496 e. The number of alkyl halides is 1. The van der Waals surface area contributed by atoms with Gasteiger partial charge in [0.1, 0.15) is 23.0 Å². The Hall–Kier alpha value is -1.58. The Kier molecular flexibility index (Phi) is 4.99. The molecule has 0 saturated carbocycles. The Morgan fingerprint density at radius 2 is 1.55 bits per heavy atom. The van der Waals surface area contributed by atoms with Gasteiger partial charge in [0.15, 0.2) is 0 Å². The molecular formula is C15H14Cl2O3. The summed E-state index contributed by atoms with van der Waals surface area (Å²) in [4.78, 5) is 0. The number of ether oxygens (including phenoxy) is 3. The molecular weight excluding hydrogens is 299 g/mol. The Bertz CT molecular complexity index is 577. The van der Waals surface area contributed by atoms with Gasteiger partial charge in [-0.25, -0.2) is 0 Å². The monoisotopic (exact) mass is 312 g/mol. The number of para-hydroxylation sites is 1. The van der Waals surface area contributed by atoms with Crippen molar-refractivity contribution in [3.05, 3.63) is 47.0 Å². The van der Waals surface area contributed by atoms with E-state index in [1.165, 1.54) is 0 Å². The fraction of sp³-hybridized carbons (Fsp3) is 0.200. The number of methoxy groups -OCH3 is 2. The fourth-order valence-electron chi connectivity index (χ4n) is 1.73. The topological polar surface area (TPSA) is 27.7 Å². The molecule has 0 heterocycles. The molecule has 3 nitrogen and oxygen atoms in total. The second-order valence-electron chi connectivity index (χ2n) is 4.01. The Balaban J connectivity index is 2.39. The quantitative estimate of drug-likeness (QED) is 0.736. The van der Waals surface area contributed by atoms with Crippen molar-refractivity contribution in [2.24, 2.45) is 0 Å². The van der Waals surface area contributed by atoms with Gasteiger partial charge in [-0.3, -0.25) is 0 Å². The lowest BCUT2D eigenvalue weighted by Gasteiger charge is -2.13. The molecule has 2 aromatic carbocycles. The van der Waals surface area contributed by atoms with Crippen molar-refractivity contribution in [3.63, 3.8) is 0 Å². The molecule has 0 aliphatic rings. The van der Waals surface area contributed by atoms with Crippen LogP contribution in [0.4, 0.5) is 0 Å². The minimum Gasteiger partial charge on any atom is -0.496 e. The van der Waals surface area contributed by atoms with Crippen molar-refractivity contribution in [2.45, 2.75) is 5.88 Å². The van der Waals surface area contributed by atoms with E-state index in [4.69, 9.17) is 37.4 Å². The van der Waals surface area contributed by atoms with Crippen LogP contribution in [0.3, 0.4) is 0 Å². The molecule has 0 N–H and O–H groups in total. The molecule has 0 bridgehead atoms. The van der Waals surface area contributed by atoms with Gasteiger partial charge in [0.25, 0.3) is 0 Å². The summed E-state index contributed by atoms with van der Waals surface area (Å²) in [5.41, 5.74) is 0.820. The van der Waals surface area contributed by atoms with Crippen LogP contribution in [0.1, 0.15) is 5.56 Å². The van der Waals surface area contributed by atoms with Crippen LogP contribution in [0.5, 0.6) is 23.0 Å². The maximum absolute atomic E-state index is 6.16. The van der Waals surface area contributed by atoms with Gasteiger partial charge < -0.3 is 14.2 Å². The Morgan fingerprint density at radius 3 is 2.10 bits per heavy atom. The average molecular weight is 313 g/mol. The van der Waals surface area contributed by atoms with Gasteiger partial charge in [0.05, 0.1) is 25.1 Å². The summed E-state index contributed by atoms with van der Waals surface area (Å²) in [6.45, 7) is 0. The van der Waals surface area contributed by atoms with Crippen molar-refractivity contribution in [2.75, 3.05) is 14.2 Å². The standard InChI is InChI=1S/C15H14Cl2O3/c1-18-11-6-12(19-2)8-13(7-11)20-15-10(9-16)4-3-5-14(15)17/h3-8H,9H2,1-2H3. The van der Waals surface area contributed by atoms with Crippen LogP contribution in [-0.2, 0) is 5.88 Å². The second-order valence-corrected chi connectivity index (χ2v) is 4.69. The smallest absolute Gasteiger partial charge is 0.150 e. The minimum absolute atomic E-state index is 0.316. The highest BCUT2D eigenvalue weighted by Crippen LogP contribution is 2.36. The van der Waals surface area contributed by atoms with Gasteiger partial charge in [-0.15, -0.1) is 11.6 Å². The SMILES string of the molecule is COc1cc(OC)cc(Oc2c(Cl)cccc2CCl)c1. The van der Waals surface area contributed by atoms with Crippen LogP contribution in [0.15, 0.2) is 36.4 Å². The summed E-state index contributed by atoms with van der Waals surface area (Å²) < 4.78 is 16.2. The third-order valence-corrected chi connectivity index (χ3v) is 3.32. The van der Waals surface area contributed by atoms with E-state index in [0.29, 0.717) is 33.9 Å². The molecule has 2 rings (SSSR count). The predicted molar refractivity (Wildman–Crippen MR) is 80.6 cm³/mol. The van der Waals surface area contributed by atoms with E-state index >= 15 is 0 Å². The molecule has 0 atom stereocenters. The second kappa shape index (κ2) is 6.73. The van der Waals surface area contributed by atoms with Gasteiger partial charge in [-0.2, -0.15) is 0 Å². The van der Waals surface area contributed by atoms with Crippen molar-refractivity contribution < 1.29 is 14.2 Å². The fourth-order valence-corrected chi connectivity index (χ4v) is 2.17. The molecule has 0 aromatic heterocycles. The summed E-state index contributed by atoms with van der Waals surface area (Å²) in [7, 11) is 3.16. The highest BCUT2D eigenvalue weighted by molar-refractivity contribution is 6.32. The zero-order chi connectivity index (χ0) is 14.5. The first-order valence-corrected chi connectivity index (χ1v) is 6.83. The van der Waals surface area contributed by atoms with Crippen LogP contribution in [0.2, 0.25) is 5.02 Å². The van der Waals surface area contributed by atoms with Crippen molar-refractivity contribution >= 4 is 23.2 Å². The maximum atomic E-state index is 6.16. The number of halogens is 2. The summed E-state index contributed by atoms with van der Waals surface area (Å²) in [5.74, 6) is 2.70. The van der Waals surface area contributed by atoms with E-state index in [2.05, 4.69) is 0 Å². The molecule has 0 spiro atoms. The van der Waals surface area contributed by atoms with Crippen molar-refractivity contribution in [1.29, 1.82) is 0 Å². The lowest BCUT2D eigenvalue weighted by atomic mass is 10.2. The molecule has 20 heavy (non-hydrogen) atoms. The van der Waals surface area contributed by atoms with Crippen molar-refractivity contribution in [3.8, 4) is 23.0 Å². The molecule has 0 aliphatic heterocycles. The Morgan fingerprint density at radius 1 is 0.950 bits per heavy atom. The first kappa shape index (κ1) is 14.8. The molecule has 2 aromatic rings. The zero-order valence-electron chi connectivity index (χ0n) is 11.2. The molecule has 0 radical (unpaired) electrons. The predicted octanol–water partition coefficient (Wildman–Crippen LogP) is 4.89. The zero-order valence-corrected chi connectivity index (χ0v) is 12.7. The maximum Gasteiger partial charge on any atom is 0.150 e. The number of rotatable bonds is 5. The van der Waals surface area contributed by atoms with Gasteiger partial charge >= 0.3 is 0 Å². The minimum atomic E-state index is 0.316. The number of hydrogen-bond donors (Lipinski definition) is 0. The summed E-state index contributed by atoms with van der Waals surface area (Å²) in [6.07, 6.45) is 0. The lowest BCUT2D eigenvalue weighted by molar-refractivity contribution is 0.386. The van der Waals surface area contributed by atoms with Gasteiger partial charge in [-0.05, 0) is 6.07 Å². The van der Waals surface area contributed by atoms with Crippen LogP contribution in [0.25, 0.3) is 0 Å². The third-order valence-electron chi connectivity index (χ3n) is 2.74. The summed E-state index contributed by atoms with van der Waals surface area (Å²) in [5, 5.41) is 0.505. The van der Waals surface area contributed by atoms with Crippen LogP contribution >= 0.6 is 23.2 Å². The summed E-state index contributed by atoms with van der Waals surface area (Å²) >= 11 is 12.1. The van der Waals surface area contributed by atoms with Gasteiger partial charge in [-0.1, -0.05) is 23.7 Å². The van der Waals surface area contributed by atoms with Crippen LogP contribution < -0.4 is 14.2 Å². The first-order chi connectivity index (χ1) is 9.67. The molecule has 0 fully saturated rings. The van der Waals surface area contributed by atoms with E-state index in [1.807, 2.05) is 12.1 Å².